The lowest BCUT2D eigenvalue weighted by atomic mass is 9.81. The van der Waals surface area contributed by atoms with Gasteiger partial charge in [0.05, 0.1) is 39.1 Å². The van der Waals surface area contributed by atoms with Crippen LogP contribution in [0.3, 0.4) is 0 Å². The number of fused-ring (bicyclic) bond motifs is 21. The molecule has 5 nitrogen and oxygen atoms in total. The van der Waals surface area contributed by atoms with E-state index in [1.165, 1.54) is 76.1 Å². The van der Waals surface area contributed by atoms with Gasteiger partial charge in [-0.15, -0.1) is 0 Å². The molecule has 15 rings (SSSR count). The van der Waals surface area contributed by atoms with Gasteiger partial charge in [-0.2, -0.15) is 0 Å². The highest BCUT2D eigenvalue weighted by molar-refractivity contribution is 6.27. The van der Waals surface area contributed by atoms with Gasteiger partial charge in [0.15, 0.2) is 0 Å². The summed E-state index contributed by atoms with van der Waals surface area (Å²) in [6, 6.07) is 65.9. The second-order valence-corrected chi connectivity index (χ2v) is 19.1. The molecule has 0 spiro atoms. The van der Waals surface area contributed by atoms with Crippen molar-refractivity contribution >= 4 is 97.5 Å². The van der Waals surface area contributed by atoms with Crippen molar-refractivity contribution in [2.75, 3.05) is 0 Å². The number of rotatable bonds is 3. The highest BCUT2D eigenvalue weighted by Gasteiger charge is 2.36. The van der Waals surface area contributed by atoms with E-state index in [1.54, 1.807) is 0 Å². The first-order valence-electron chi connectivity index (χ1n) is 23.6. The van der Waals surface area contributed by atoms with E-state index in [2.05, 4.69) is 184 Å². The normalized spacial score (nSPS) is 13.2. The summed E-state index contributed by atoms with van der Waals surface area (Å²) >= 11 is 0. The van der Waals surface area contributed by atoms with E-state index in [0.717, 1.165) is 77.4 Å². The summed E-state index contributed by atoms with van der Waals surface area (Å²) < 4.78 is 0. The van der Waals surface area contributed by atoms with Gasteiger partial charge in [0.25, 0.3) is 0 Å². The molecule has 14 aromatic rings. The predicted molar refractivity (Wildman–Crippen MR) is 287 cm³/mol. The van der Waals surface area contributed by atoms with Crippen molar-refractivity contribution in [2.24, 2.45) is 0 Å². The van der Waals surface area contributed by atoms with E-state index in [9.17, 15) is 0 Å². The van der Waals surface area contributed by atoms with Crippen LogP contribution in [0.1, 0.15) is 25.0 Å². The van der Waals surface area contributed by atoms with Gasteiger partial charge in [-0.25, -0.2) is 9.97 Å². The van der Waals surface area contributed by atoms with Crippen LogP contribution in [-0.4, -0.2) is 24.9 Å². The molecule has 1 aliphatic rings. The Hall–Kier alpha value is -8.93. The summed E-state index contributed by atoms with van der Waals surface area (Å²) in [6.07, 6.45) is 5.68. The zero-order chi connectivity index (χ0) is 45.5. The zero-order valence-electron chi connectivity index (χ0n) is 37.8. The van der Waals surface area contributed by atoms with E-state index in [1.807, 2.05) is 30.7 Å². The van der Waals surface area contributed by atoms with Gasteiger partial charge < -0.3 is 0 Å². The fraction of sp³-hybridized carbons (Fsp3) is 0.0469. The third-order valence-corrected chi connectivity index (χ3v) is 15.2. The van der Waals surface area contributed by atoms with Crippen molar-refractivity contribution in [3.63, 3.8) is 0 Å². The second-order valence-electron chi connectivity index (χ2n) is 19.1. The lowest BCUT2D eigenvalue weighted by molar-refractivity contribution is 0.661. The third kappa shape index (κ3) is 5.44. The minimum Gasteiger partial charge on any atom is -0.256 e. The van der Waals surface area contributed by atoms with Gasteiger partial charge in [-0.1, -0.05) is 123 Å². The minimum atomic E-state index is -0.200. The average molecular weight is 878 g/mol. The van der Waals surface area contributed by atoms with Crippen molar-refractivity contribution in [1.29, 1.82) is 0 Å². The number of hydrogen-bond donors (Lipinski definition) is 0. The smallest absolute Gasteiger partial charge is 0.0978 e. The van der Waals surface area contributed by atoms with Crippen molar-refractivity contribution in [3.8, 4) is 44.9 Å². The Bertz CT molecular complexity index is 4500. The van der Waals surface area contributed by atoms with Gasteiger partial charge in [0, 0.05) is 62.2 Å². The molecule has 0 amide bonds. The molecule has 0 saturated heterocycles. The maximum Gasteiger partial charge on any atom is 0.0978 e. The molecule has 0 atom stereocenters. The van der Waals surface area contributed by atoms with Gasteiger partial charge in [0.1, 0.15) is 0 Å². The molecule has 1 aliphatic carbocycles. The number of hydrogen-bond acceptors (Lipinski definition) is 5. The van der Waals surface area contributed by atoms with Crippen LogP contribution in [0.2, 0.25) is 0 Å². The molecule has 0 aliphatic heterocycles. The number of benzene rings is 9. The number of pyridine rings is 5. The van der Waals surface area contributed by atoms with Crippen LogP contribution in [0, 0.1) is 0 Å². The summed E-state index contributed by atoms with van der Waals surface area (Å²) in [5.41, 5.74) is 14.6. The monoisotopic (exact) mass is 877 g/mol. The van der Waals surface area contributed by atoms with E-state index in [0.29, 0.717) is 0 Å². The van der Waals surface area contributed by atoms with Crippen LogP contribution in [0.25, 0.3) is 142 Å². The summed E-state index contributed by atoms with van der Waals surface area (Å²) in [6.45, 7) is 4.73. The summed E-state index contributed by atoms with van der Waals surface area (Å²) in [7, 11) is 0. The maximum absolute atomic E-state index is 5.37. The highest BCUT2D eigenvalue weighted by Crippen LogP contribution is 2.52. The lowest BCUT2D eigenvalue weighted by Gasteiger charge is -2.22. The Kier molecular flexibility index (Phi) is 7.78. The zero-order valence-corrected chi connectivity index (χ0v) is 37.8. The minimum absolute atomic E-state index is 0.200. The summed E-state index contributed by atoms with van der Waals surface area (Å²) in [4.78, 5) is 25.3. The predicted octanol–water partition coefficient (Wildman–Crippen LogP) is 16.3. The van der Waals surface area contributed by atoms with Crippen LogP contribution >= 0.6 is 0 Å². The standard InChI is InChI=1S/C64H39N5/c1-64(2)55-25-20-37(58-27-23-48-41-13-5-3-11-39(41)46-17-9-29-65-60(46)62(48)68-58)32-53(55)54-33-51-44-16-8-7-15-43(44)50-31-36(19-22-45(50)52(51)34-56(54)64)57-26-21-38(35-67-57)59-28-24-49-42-14-6-4-12-40(42)47-18-10-30-66-61(47)63(49)69-59/h3-35H,1-2H3. The first kappa shape index (κ1) is 38.2. The largest absolute Gasteiger partial charge is 0.256 e. The number of nitrogens with zero attached hydrogens (tertiary/aromatic N) is 5. The van der Waals surface area contributed by atoms with Crippen LogP contribution in [0.5, 0.6) is 0 Å². The van der Waals surface area contributed by atoms with Crippen molar-refractivity contribution in [1.82, 2.24) is 24.9 Å². The van der Waals surface area contributed by atoms with Crippen LogP contribution in [-0.2, 0) is 5.41 Å². The van der Waals surface area contributed by atoms with E-state index >= 15 is 0 Å². The fourth-order valence-electron chi connectivity index (χ4n) is 11.8. The Morgan fingerprint density at radius 2 is 0.710 bits per heavy atom. The van der Waals surface area contributed by atoms with Gasteiger partial charge in [-0.05, 0) is 149 Å². The summed E-state index contributed by atoms with van der Waals surface area (Å²) in [5.74, 6) is 0. The lowest BCUT2D eigenvalue weighted by Crippen LogP contribution is -2.14. The molecule has 0 unspecified atom stereocenters. The SMILES string of the molecule is CC1(C)c2ccc(-c3ccc4c5ccccc5c5cccnc5c4n3)cc2-c2cc3c4ccccc4c4cc(-c5ccc(-c6ccc7c8ccccc8c8cccnc8c7n6)cn5)ccc4c3cc21. The van der Waals surface area contributed by atoms with Crippen molar-refractivity contribution < 1.29 is 0 Å². The Labute approximate surface area is 396 Å². The molecule has 0 N–H and O–H groups in total. The van der Waals surface area contributed by atoms with E-state index in [4.69, 9.17) is 24.9 Å². The molecule has 320 valence electrons. The maximum atomic E-state index is 5.37. The van der Waals surface area contributed by atoms with Gasteiger partial charge in [0.2, 0.25) is 0 Å². The van der Waals surface area contributed by atoms with Crippen LogP contribution < -0.4 is 0 Å². The summed E-state index contributed by atoms with van der Waals surface area (Å²) in [5, 5.41) is 16.7. The highest BCUT2D eigenvalue weighted by atomic mass is 14.8. The number of aromatic nitrogens is 5. The van der Waals surface area contributed by atoms with Gasteiger partial charge in [-0.3, -0.25) is 15.0 Å². The molecule has 0 saturated carbocycles. The molecule has 0 fully saturated rings. The first-order chi connectivity index (χ1) is 34.0. The molecule has 9 aromatic carbocycles. The van der Waals surface area contributed by atoms with Crippen LogP contribution in [0.4, 0.5) is 0 Å². The molecule has 69 heavy (non-hydrogen) atoms. The molecular weight excluding hydrogens is 839 g/mol. The Morgan fingerprint density at radius 3 is 1.29 bits per heavy atom. The van der Waals surface area contributed by atoms with E-state index < -0.39 is 0 Å². The average Bonchev–Trinajstić information content (AvgIpc) is 3.64. The third-order valence-electron chi connectivity index (χ3n) is 15.2. The molecule has 5 aromatic heterocycles. The molecule has 0 radical (unpaired) electrons. The fourth-order valence-corrected chi connectivity index (χ4v) is 11.8. The molecule has 5 heteroatoms. The topological polar surface area (TPSA) is 64.5 Å². The Balaban J connectivity index is 0.833. The van der Waals surface area contributed by atoms with E-state index in [-0.39, 0.29) is 5.41 Å². The molecule has 0 bridgehead atoms. The van der Waals surface area contributed by atoms with Gasteiger partial charge >= 0.3 is 0 Å². The quantitative estimate of drug-likeness (QED) is 0.165. The first-order valence-corrected chi connectivity index (χ1v) is 23.6. The molecular formula is C64H39N5. The molecule has 5 heterocycles. The Morgan fingerprint density at radius 1 is 0.290 bits per heavy atom. The van der Waals surface area contributed by atoms with Crippen molar-refractivity contribution in [2.45, 2.75) is 19.3 Å². The second kappa shape index (κ2) is 14.0. The van der Waals surface area contributed by atoms with Crippen LogP contribution in [0.15, 0.2) is 201 Å². The van der Waals surface area contributed by atoms with Crippen molar-refractivity contribution in [3.05, 3.63) is 212 Å².